The summed E-state index contributed by atoms with van der Waals surface area (Å²) < 4.78 is 0. The standard InChI is InChI=1S/C18H27N3O2/c1-14-9-5-6-10-15(14)16(20-18(19)23)13-17(22)21-11-7-3-2-4-8-12-21/h5-6,9-10,16H,2-4,7-8,11-13H2,1H3,(H3,19,20,23)/t16-/m0/s1. The molecule has 23 heavy (non-hydrogen) atoms. The van der Waals surface area contributed by atoms with Gasteiger partial charge in [0.1, 0.15) is 0 Å². The van der Waals surface area contributed by atoms with E-state index in [0.717, 1.165) is 37.1 Å². The third-order valence-corrected chi connectivity index (χ3v) is 4.47. The van der Waals surface area contributed by atoms with Gasteiger partial charge in [-0.25, -0.2) is 4.79 Å². The van der Waals surface area contributed by atoms with Gasteiger partial charge in [0.05, 0.1) is 12.5 Å². The lowest BCUT2D eigenvalue weighted by Crippen LogP contribution is -2.39. The number of amides is 3. The molecule has 0 spiro atoms. The van der Waals surface area contributed by atoms with Crippen LogP contribution in [0.25, 0.3) is 0 Å². The van der Waals surface area contributed by atoms with Crippen LogP contribution in [0.5, 0.6) is 0 Å². The summed E-state index contributed by atoms with van der Waals surface area (Å²) in [6.45, 7) is 3.61. The number of hydrogen-bond donors (Lipinski definition) is 2. The Kier molecular flexibility index (Phi) is 6.44. The van der Waals surface area contributed by atoms with Gasteiger partial charge in [0.2, 0.25) is 5.91 Å². The third-order valence-electron chi connectivity index (χ3n) is 4.47. The summed E-state index contributed by atoms with van der Waals surface area (Å²) in [6, 6.07) is 6.81. The Morgan fingerprint density at radius 1 is 1.13 bits per heavy atom. The lowest BCUT2D eigenvalue weighted by Gasteiger charge is -2.27. The van der Waals surface area contributed by atoms with Crippen molar-refractivity contribution in [2.24, 2.45) is 5.73 Å². The predicted molar refractivity (Wildman–Crippen MR) is 90.9 cm³/mol. The van der Waals surface area contributed by atoms with Crippen molar-refractivity contribution < 1.29 is 9.59 Å². The minimum Gasteiger partial charge on any atom is -0.352 e. The molecule has 1 aromatic carbocycles. The Morgan fingerprint density at radius 2 is 1.74 bits per heavy atom. The zero-order chi connectivity index (χ0) is 16.7. The second-order valence-corrected chi connectivity index (χ2v) is 6.27. The van der Waals surface area contributed by atoms with Crippen LogP contribution in [0.3, 0.4) is 0 Å². The number of nitrogens with zero attached hydrogens (tertiary/aromatic N) is 1. The topological polar surface area (TPSA) is 75.4 Å². The van der Waals surface area contributed by atoms with Crippen LogP contribution in [0.4, 0.5) is 4.79 Å². The molecule has 1 aromatic rings. The zero-order valence-corrected chi connectivity index (χ0v) is 13.9. The zero-order valence-electron chi connectivity index (χ0n) is 13.9. The SMILES string of the molecule is Cc1ccccc1[C@H](CC(=O)N1CCCCCCC1)NC(N)=O. The van der Waals surface area contributed by atoms with Gasteiger partial charge in [-0.2, -0.15) is 0 Å². The fourth-order valence-corrected chi connectivity index (χ4v) is 3.19. The van der Waals surface area contributed by atoms with E-state index in [1.807, 2.05) is 36.1 Å². The Morgan fingerprint density at radius 3 is 2.35 bits per heavy atom. The largest absolute Gasteiger partial charge is 0.352 e. The number of rotatable bonds is 4. The monoisotopic (exact) mass is 317 g/mol. The van der Waals surface area contributed by atoms with E-state index >= 15 is 0 Å². The highest BCUT2D eigenvalue weighted by atomic mass is 16.2. The average Bonchev–Trinajstić information content (AvgIpc) is 2.46. The quantitative estimate of drug-likeness (QED) is 0.896. The van der Waals surface area contributed by atoms with Crippen LogP contribution >= 0.6 is 0 Å². The van der Waals surface area contributed by atoms with Crippen LogP contribution < -0.4 is 11.1 Å². The molecule has 0 radical (unpaired) electrons. The molecule has 1 aliphatic heterocycles. The number of nitrogens with two attached hydrogens (primary N) is 1. The molecule has 0 aliphatic carbocycles. The van der Waals surface area contributed by atoms with Crippen molar-refractivity contribution in [1.29, 1.82) is 0 Å². The summed E-state index contributed by atoms with van der Waals surface area (Å²) in [5.41, 5.74) is 7.30. The maximum atomic E-state index is 12.7. The van der Waals surface area contributed by atoms with Gasteiger partial charge < -0.3 is 16.0 Å². The average molecular weight is 317 g/mol. The Hall–Kier alpha value is -2.04. The highest BCUT2D eigenvalue weighted by molar-refractivity contribution is 5.79. The van der Waals surface area contributed by atoms with E-state index in [-0.39, 0.29) is 18.4 Å². The minimum absolute atomic E-state index is 0.0916. The summed E-state index contributed by atoms with van der Waals surface area (Å²) in [5.74, 6) is 0.0916. The Bertz CT molecular complexity index is 537. The molecule has 1 atom stereocenters. The fourth-order valence-electron chi connectivity index (χ4n) is 3.19. The minimum atomic E-state index is -0.598. The molecule has 1 fully saturated rings. The summed E-state index contributed by atoms with van der Waals surface area (Å²) in [5, 5.41) is 2.73. The van der Waals surface area contributed by atoms with Gasteiger partial charge in [-0.3, -0.25) is 4.79 Å². The van der Waals surface area contributed by atoms with E-state index in [9.17, 15) is 9.59 Å². The molecular formula is C18H27N3O2. The maximum absolute atomic E-state index is 12.7. The van der Waals surface area contributed by atoms with Gasteiger partial charge >= 0.3 is 6.03 Å². The van der Waals surface area contributed by atoms with E-state index < -0.39 is 6.03 Å². The number of carbonyl (C=O) groups is 2. The number of hydrogen-bond acceptors (Lipinski definition) is 2. The molecular weight excluding hydrogens is 290 g/mol. The van der Waals surface area contributed by atoms with Crippen LogP contribution in [0, 0.1) is 6.92 Å². The van der Waals surface area contributed by atoms with Crippen molar-refractivity contribution in [3.8, 4) is 0 Å². The van der Waals surface area contributed by atoms with Crippen molar-refractivity contribution in [1.82, 2.24) is 10.2 Å². The molecule has 2 rings (SSSR count). The molecule has 1 heterocycles. The van der Waals surface area contributed by atoms with Crippen LogP contribution in [0.2, 0.25) is 0 Å². The van der Waals surface area contributed by atoms with E-state index in [0.29, 0.717) is 0 Å². The van der Waals surface area contributed by atoms with Crippen LogP contribution in [-0.4, -0.2) is 29.9 Å². The van der Waals surface area contributed by atoms with Crippen LogP contribution in [0.1, 0.15) is 55.7 Å². The first-order chi connectivity index (χ1) is 11.1. The number of carbonyl (C=O) groups excluding carboxylic acids is 2. The molecule has 1 aliphatic rings. The van der Waals surface area contributed by atoms with Crippen LogP contribution in [-0.2, 0) is 4.79 Å². The first-order valence-electron chi connectivity index (χ1n) is 8.47. The lowest BCUT2D eigenvalue weighted by atomic mass is 9.98. The maximum Gasteiger partial charge on any atom is 0.312 e. The van der Waals surface area contributed by atoms with E-state index in [1.165, 1.54) is 19.3 Å². The fraction of sp³-hybridized carbons (Fsp3) is 0.556. The first kappa shape index (κ1) is 17.3. The molecule has 5 nitrogen and oxygen atoms in total. The van der Waals surface area contributed by atoms with Gasteiger partial charge in [0.15, 0.2) is 0 Å². The van der Waals surface area contributed by atoms with E-state index in [4.69, 9.17) is 5.73 Å². The molecule has 126 valence electrons. The number of primary amides is 1. The number of benzene rings is 1. The second-order valence-electron chi connectivity index (χ2n) is 6.27. The molecule has 0 bridgehead atoms. The van der Waals surface area contributed by atoms with Crippen molar-refractivity contribution in [2.45, 2.75) is 51.5 Å². The van der Waals surface area contributed by atoms with Crippen molar-refractivity contribution in [2.75, 3.05) is 13.1 Å². The molecule has 1 saturated heterocycles. The molecule has 0 aromatic heterocycles. The van der Waals surface area contributed by atoms with Crippen molar-refractivity contribution >= 4 is 11.9 Å². The molecule has 3 N–H and O–H groups in total. The van der Waals surface area contributed by atoms with Gasteiger partial charge in [-0.1, -0.05) is 43.5 Å². The summed E-state index contributed by atoms with van der Waals surface area (Å²) in [7, 11) is 0. The third kappa shape index (κ3) is 5.27. The predicted octanol–water partition coefficient (Wildman–Crippen LogP) is 2.89. The normalized spacial score (nSPS) is 17.0. The highest BCUT2D eigenvalue weighted by Gasteiger charge is 2.22. The second kappa shape index (κ2) is 8.56. The van der Waals surface area contributed by atoms with Crippen molar-refractivity contribution in [3.05, 3.63) is 35.4 Å². The lowest BCUT2D eigenvalue weighted by molar-refractivity contribution is -0.132. The highest BCUT2D eigenvalue weighted by Crippen LogP contribution is 2.22. The molecule has 5 heteroatoms. The van der Waals surface area contributed by atoms with Crippen molar-refractivity contribution in [3.63, 3.8) is 0 Å². The Labute approximate surface area is 138 Å². The van der Waals surface area contributed by atoms with Gasteiger partial charge in [0.25, 0.3) is 0 Å². The van der Waals surface area contributed by atoms with Gasteiger partial charge in [0, 0.05) is 13.1 Å². The summed E-state index contributed by atoms with van der Waals surface area (Å²) >= 11 is 0. The number of likely N-dealkylation sites (tertiary alicyclic amines) is 1. The van der Waals surface area contributed by atoms with E-state index in [1.54, 1.807) is 0 Å². The molecule has 0 saturated carbocycles. The van der Waals surface area contributed by atoms with Gasteiger partial charge in [-0.05, 0) is 30.9 Å². The van der Waals surface area contributed by atoms with Crippen LogP contribution in [0.15, 0.2) is 24.3 Å². The number of urea groups is 1. The molecule has 3 amide bonds. The summed E-state index contributed by atoms with van der Waals surface area (Å²) in [4.78, 5) is 25.9. The summed E-state index contributed by atoms with van der Waals surface area (Å²) in [6.07, 6.45) is 6.01. The smallest absolute Gasteiger partial charge is 0.312 e. The van der Waals surface area contributed by atoms with Gasteiger partial charge in [-0.15, -0.1) is 0 Å². The Balaban J connectivity index is 2.08. The first-order valence-corrected chi connectivity index (χ1v) is 8.47. The number of nitrogens with one attached hydrogen (secondary N) is 1. The molecule has 0 unspecified atom stereocenters. The number of aryl methyl sites for hydroxylation is 1. The van der Waals surface area contributed by atoms with E-state index in [2.05, 4.69) is 5.32 Å².